The number of nitrogens with one attached hydrogen (secondary N) is 2. The van der Waals surface area contributed by atoms with E-state index in [0.717, 1.165) is 43.0 Å². The molecular formula is C33H42N6O5. The van der Waals surface area contributed by atoms with Crippen LogP contribution in [0.15, 0.2) is 54.9 Å². The van der Waals surface area contributed by atoms with Crippen molar-refractivity contribution >= 4 is 23.4 Å². The van der Waals surface area contributed by atoms with Gasteiger partial charge in [-0.1, -0.05) is 13.8 Å². The van der Waals surface area contributed by atoms with Crippen LogP contribution >= 0.6 is 0 Å². The molecule has 0 saturated carbocycles. The predicted molar refractivity (Wildman–Crippen MR) is 168 cm³/mol. The van der Waals surface area contributed by atoms with Crippen molar-refractivity contribution in [2.75, 3.05) is 51.3 Å². The van der Waals surface area contributed by atoms with Crippen LogP contribution in [0.4, 0.5) is 5.69 Å². The van der Waals surface area contributed by atoms with E-state index in [9.17, 15) is 14.4 Å². The Morgan fingerprint density at radius 3 is 2.52 bits per heavy atom. The van der Waals surface area contributed by atoms with Gasteiger partial charge < -0.3 is 34.5 Å². The normalized spacial score (nSPS) is 18.5. The molecule has 1 saturated heterocycles. The van der Waals surface area contributed by atoms with Crippen LogP contribution in [0, 0.1) is 5.92 Å². The third-order valence-corrected chi connectivity index (χ3v) is 8.13. The number of anilines is 1. The number of methoxy groups -OCH3 is 1. The minimum atomic E-state index is -0.753. The topological polar surface area (TPSA) is 118 Å². The molecule has 2 aliphatic heterocycles. The maximum atomic E-state index is 13.8. The lowest BCUT2D eigenvalue weighted by Crippen LogP contribution is -2.53. The molecule has 11 heteroatoms. The number of imidazole rings is 1. The van der Waals surface area contributed by atoms with Crippen molar-refractivity contribution in [2.24, 2.45) is 5.92 Å². The Balaban J connectivity index is 1.41. The second-order valence-electron chi connectivity index (χ2n) is 11.6. The predicted octanol–water partition coefficient (Wildman–Crippen LogP) is 3.34. The summed E-state index contributed by atoms with van der Waals surface area (Å²) in [5.74, 6) is 0.613. The number of carbonyl (C=O) groups excluding carboxylic acids is 3. The van der Waals surface area contributed by atoms with Crippen LogP contribution in [0.5, 0.6) is 11.5 Å². The monoisotopic (exact) mass is 602 g/mol. The highest BCUT2D eigenvalue weighted by molar-refractivity contribution is 5.97. The van der Waals surface area contributed by atoms with Gasteiger partial charge in [0.1, 0.15) is 18.5 Å². The second kappa shape index (κ2) is 14.3. The average molecular weight is 603 g/mol. The van der Waals surface area contributed by atoms with Gasteiger partial charge in [0.2, 0.25) is 11.8 Å². The number of rotatable bonds is 4. The van der Waals surface area contributed by atoms with Gasteiger partial charge in [-0.15, -0.1) is 0 Å². The zero-order valence-electron chi connectivity index (χ0n) is 25.8. The summed E-state index contributed by atoms with van der Waals surface area (Å²) in [6.45, 7) is 6.64. The minimum absolute atomic E-state index is 0.118. The number of benzene rings is 2. The third-order valence-electron chi connectivity index (χ3n) is 8.13. The number of ether oxygens (including phenoxy) is 2. The van der Waals surface area contributed by atoms with Crippen LogP contribution in [-0.4, -0.2) is 84.7 Å². The van der Waals surface area contributed by atoms with E-state index >= 15 is 0 Å². The summed E-state index contributed by atoms with van der Waals surface area (Å²) in [6.07, 6.45) is 7.13. The fraction of sp³-hybridized carbons (Fsp3) is 0.455. The number of carbonyl (C=O) groups is 3. The van der Waals surface area contributed by atoms with Gasteiger partial charge in [-0.3, -0.25) is 14.4 Å². The highest BCUT2D eigenvalue weighted by Crippen LogP contribution is 2.32. The fourth-order valence-corrected chi connectivity index (χ4v) is 5.68. The number of hydrogen-bond donors (Lipinski definition) is 2. The van der Waals surface area contributed by atoms with Gasteiger partial charge in [-0.2, -0.15) is 0 Å². The Morgan fingerprint density at radius 2 is 1.80 bits per heavy atom. The Labute approximate surface area is 258 Å². The second-order valence-corrected chi connectivity index (χ2v) is 11.6. The van der Waals surface area contributed by atoms with Gasteiger partial charge in [-0.05, 0) is 67.6 Å². The lowest BCUT2D eigenvalue weighted by molar-refractivity contribution is -0.130. The first kappa shape index (κ1) is 30.9. The van der Waals surface area contributed by atoms with Crippen molar-refractivity contribution in [2.45, 2.75) is 45.7 Å². The van der Waals surface area contributed by atoms with Crippen molar-refractivity contribution in [1.82, 2.24) is 25.1 Å². The number of aromatic nitrogens is 2. The first-order valence-electron chi connectivity index (χ1n) is 15.4. The van der Waals surface area contributed by atoms with E-state index in [1.807, 2.05) is 67.1 Å². The highest BCUT2D eigenvalue weighted by Gasteiger charge is 2.27. The maximum absolute atomic E-state index is 13.8. The average Bonchev–Trinajstić information content (AvgIpc) is 3.51. The van der Waals surface area contributed by atoms with Gasteiger partial charge in [0, 0.05) is 55.4 Å². The molecule has 1 aromatic heterocycles. The van der Waals surface area contributed by atoms with Gasteiger partial charge >= 0.3 is 0 Å². The SMILES string of the molecule is COc1ccc2cc1OCCN(C(=O)c1ccc(N3CCCCC3)cc1)CC(=O)N[C@H](C(C)C)C(=O)NCCn1ccnc1-2. The molecule has 11 nitrogen and oxygen atoms in total. The standard InChI is InChI=1S/C33H42N6O5/c1-23(2)30-32(41)35-14-18-38-17-13-34-31(38)25-9-12-27(43-3)28(21-25)44-20-19-39(22-29(40)36-30)33(42)24-7-10-26(11-8-24)37-15-5-4-6-16-37/h7-13,17,21,23,30H,4-6,14-16,18-20,22H2,1-3H3,(H,35,41)(H,36,40)/t30-/m1/s1. The molecule has 1 atom stereocenters. The van der Waals surface area contributed by atoms with Crippen molar-refractivity contribution in [3.63, 3.8) is 0 Å². The molecule has 2 aliphatic rings. The van der Waals surface area contributed by atoms with Gasteiger partial charge in [0.15, 0.2) is 11.5 Å². The highest BCUT2D eigenvalue weighted by atomic mass is 16.5. The zero-order chi connectivity index (χ0) is 31.1. The van der Waals surface area contributed by atoms with E-state index < -0.39 is 11.9 Å². The van der Waals surface area contributed by atoms with Crippen molar-refractivity contribution in [3.05, 3.63) is 60.4 Å². The molecule has 2 aromatic carbocycles. The van der Waals surface area contributed by atoms with E-state index in [2.05, 4.69) is 20.5 Å². The van der Waals surface area contributed by atoms with Crippen LogP contribution in [0.1, 0.15) is 43.5 Å². The zero-order valence-corrected chi connectivity index (χ0v) is 25.8. The van der Waals surface area contributed by atoms with E-state index in [0.29, 0.717) is 30.2 Å². The number of hydrogen-bond acceptors (Lipinski definition) is 7. The quantitative estimate of drug-likeness (QED) is 0.470. The summed E-state index contributed by atoms with van der Waals surface area (Å²) in [4.78, 5) is 48.5. The van der Waals surface area contributed by atoms with Gasteiger partial charge in [-0.25, -0.2) is 4.98 Å². The number of amides is 3. The van der Waals surface area contributed by atoms with Gasteiger partial charge in [0.25, 0.3) is 5.91 Å². The Morgan fingerprint density at radius 1 is 1.02 bits per heavy atom. The summed E-state index contributed by atoms with van der Waals surface area (Å²) >= 11 is 0. The third kappa shape index (κ3) is 7.32. The molecule has 0 radical (unpaired) electrons. The first-order chi connectivity index (χ1) is 21.3. The molecule has 2 N–H and O–H groups in total. The Kier molecular flexibility index (Phi) is 10.0. The molecule has 0 unspecified atom stereocenters. The molecule has 3 heterocycles. The minimum Gasteiger partial charge on any atom is -0.493 e. The summed E-state index contributed by atoms with van der Waals surface area (Å²) in [6, 6.07) is 12.4. The van der Waals surface area contributed by atoms with Crippen LogP contribution in [0.3, 0.4) is 0 Å². The summed E-state index contributed by atoms with van der Waals surface area (Å²) in [5.41, 5.74) is 2.39. The molecule has 5 rings (SSSR count). The molecular weight excluding hydrogens is 560 g/mol. The number of nitrogens with zero attached hydrogens (tertiary/aromatic N) is 4. The van der Waals surface area contributed by atoms with Crippen molar-refractivity contribution < 1.29 is 23.9 Å². The summed E-state index contributed by atoms with van der Waals surface area (Å²) in [5, 5.41) is 5.80. The summed E-state index contributed by atoms with van der Waals surface area (Å²) in [7, 11) is 1.57. The first-order valence-corrected chi connectivity index (χ1v) is 15.4. The van der Waals surface area contributed by atoms with E-state index in [1.165, 1.54) is 11.3 Å². The molecule has 2 bridgehead atoms. The van der Waals surface area contributed by atoms with E-state index in [-0.39, 0.29) is 37.4 Å². The fourth-order valence-electron chi connectivity index (χ4n) is 5.68. The number of fused-ring (bicyclic) bond motifs is 4. The van der Waals surface area contributed by atoms with Crippen molar-refractivity contribution in [1.29, 1.82) is 0 Å². The molecule has 3 amide bonds. The lowest BCUT2D eigenvalue weighted by atomic mass is 10.0. The van der Waals surface area contributed by atoms with Crippen molar-refractivity contribution in [3.8, 4) is 22.9 Å². The van der Waals surface area contributed by atoms with Crippen LogP contribution in [0.2, 0.25) is 0 Å². The molecule has 0 spiro atoms. The Hall–Kier alpha value is -4.54. The Bertz CT molecular complexity index is 1450. The van der Waals surface area contributed by atoms with Crippen LogP contribution < -0.4 is 25.0 Å². The lowest BCUT2D eigenvalue weighted by Gasteiger charge is -2.29. The number of piperidine rings is 1. The largest absolute Gasteiger partial charge is 0.493 e. The summed E-state index contributed by atoms with van der Waals surface area (Å²) < 4.78 is 13.6. The molecule has 3 aromatic rings. The smallest absolute Gasteiger partial charge is 0.254 e. The molecule has 234 valence electrons. The van der Waals surface area contributed by atoms with Gasteiger partial charge in [0.05, 0.1) is 20.2 Å². The van der Waals surface area contributed by atoms with Crippen LogP contribution in [-0.2, 0) is 16.1 Å². The van der Waals surface area contributed by atoms with E-state index in [1.54, 1.807) is 13.3 Å². The molecule has 1 fully saturated rings. The maximum Gasteiger partial charge on any atom is 0.254 e. The van der Waals surface area contributed by atoms with E-state index in [4.69, 9.17) is 9.47 Å². The molecule has 44 heavy (non-hydrogen) atoms. The molecule has 0 aliphatic carbocycles. The van der Waals surface area contributed by atoms with Crippen LogP contribution in [0.25, 0.3) is 11.4 Å².